The first kappa shape index (κ1) is 16.8. The van der Waals surface area contributed by atoms with Crippen molar-refractivity contribution in [2.24, 2.45) is 0 Å². The van der Waals surface area contributed by atoms with Gasteiger partial charge in [0.05, 0.1) is 24.4 Å². The third-order valence-electron chi connectivity index (χ3n) is 2.82. The summed E-state index contributed by atoms with van der Waals surface area (Å²) in [5.41, 5.74) is 0.725. The van der Waals surface area contributed by atoms with Gasteiger partial charge >= 0.3 is 5.97 Å². The number of para-hydroxylation sites is 2. The second-order valence-corrected chi connectivity index (χ2v) is 5.46. The van der Waals surface area contributed by atoms with Gasteiger partial charge in [0.15, 0.2) is 0 Å². The molecule has 0 spiro atoms. The third kappa shape index (κ3) is 4.72. The molecule has 7 heteroatoms. The molecule has 0 aliphatic rings. The highest BCUT2D eigenvalue weighted by molar-refractivity contribution is 8.13. The molecule has 2 rings (SSSR count). The van der Waals surface area contributed by atoms with E-state index in [0.717, 1.165) is 11.8 Å². The predicted molar refractivity (Wildman–Crippen MR) is 88.2 cm³/mol. The predicted octanol–water partition coefficient (Wildman–Crippen LogP) is 2.91. The number of aromatic nitrogens is 1. The van der Waals surface area contributed by atoms with Gasteiger partial charge in [-0.25, -0.2) is 9.78 Å². The van der Waals surface area contributed by atoms with Gasteiger partial charge in [-0.05, 0) is 43.0 Å². The Balaban J connectivity index is 2.00. The number of benzene rings is 1. The Bertz CT molecular complexity index is 706. The van der Waals surface area contributed by atoms with Gasteiger partial charge in [0.1, 0.15) is 10.8 Å². The number of hydrogen-bond acceptors (Lipinski definition) is 6. The number of hydrogen-bond donors (Lipinski definition) is 2. The summed E-state index contributed by atoms with van der Waals surface area (Å²) in [6.45, 7) is 2.44. The maximum absolute atomic E-state index is 12.1. The number of thioether (sulfide) groups is 1. The average Bonchev–Trinajstić information content (AvgIpc) is 2.54. The van der Waals surface area contributed by atoms with E-state index in [4.69, 9.17) is 9.84 Å². The molecule has 1 aromatic carbocycles. The quantitative estimate of drug-likeness (QED) is 0.754. The molecule has 0 unspecified atom stereocenters. The van der Waals surface area contributed by atoms with Crippen LogP contribution in [0.15, 0.2) is 47.6 Å². The molecule has 2 N–H and O–H groups in total. The molecule has 0 saturated carbocycles. The van der Waals surface area contributed by atoms with Gasteiger partial charge in [-0.2, -0.15) is 0 Å². The highest BCUT2D eigenvalue weighted by Crippen LogP contribution is 2.25. The van der Waals surface area contributed by atoms with E-state index >= 15 is 0 Å². The molecular weight excluding hydrogens is 316 g/mol. The van der Waals surface area contributed by atoms with E-state index in [-0.39, 0.29) is 22.2 Å². The summed E-state index contributed by atoms with van der Waals surface area (Å²) in [6.07, 6.45) is 1.46. The number of carboxylic acids is 1. The Morgan fingerprint density at radius 3 is 2.78 bits per heavy atom. The van der Waals surface area contributed by atoms with Gasteiger partial charge in [-0.3, -0.25) is 4.79 Å². The highest BCUT2D eigenvalue weighted by Gasteiger charge is 2.15. The van der Waals surface area contributed by atoms with E-state index < -0.39 is 5.97 Å². The standard InChI is InChI=1S/C16H16N2O4S/c1-2-22-13-8-4-3-7-12(13)18-10-14(19)23-15-11(16(20)21)6-5-9-17-15/h3-9,18H,2,10H2,1H3,(H,20,21). The highest BCUT2D eigenvalue weighted by atomic mass is 32.2. The number of aromatic carboxylic acids is 1. The average molecular weight is 332 g/mol. The molecule has 0 saturated heterocycles. The lowest BCUT2D eigenvalue weighted by Gasteiger charge is -2.11. The van der Waals surface area contributed by atoms with Gasteiger partial charge in [-0.15, -0.1) is 0 Å². The first-order valence-electron chi connectivity index (χ1n) is 6.96. The molecule has 6 nitrogen and oxygen atoms in total. The van der Waals surface area contributed by atoms with Gasteiger partial charge in [0.25, 0.3) is 0 Å². The molecular formula is C16H16N2O4S. The van der Waals surface area contributed by atoms with Crippen LogP contribution in [-0.4, -0.2) is 34.3 Å². The van der Waals surface area contributed by atoms with Crippen molar-refractivity contribution in [1.29, 1.82) is 0 Å². The molecule has 0 amide bonds. The molecule has 2 aromatic rings. The van der Waals surface area contributed by atoms with E-state index in [1.807, 2.05) is 31.2 Å². The monoisotopic (exact) mass is 332 g/mol. The van der Waals surface area contributed by atoms with Crippen LogP contribution in [0.5, 0.6) is 5.75 Å². The van der Waals surface area contributed by atoms with Crippen LogP contribution in [0.4, 0.5) is 5.69 Å². The van der Waals surface area contributed by atoms with Gasteiger partial charge in [0.2, 0.25) is 5.12 Å². The summed E-state index contributed by atoms with van der Waals surface area (Å²) in [5, 5.41) is 12.0. The van der Waals surface area contributed by atoms with E-state index in [1.165, 1.54) is 18.3 Å². The molecule has 0 aliphatic heterocycles. The molecule has 120 valence electrons. The van der Waals surface area contributed by atoms with Crippen LogP contribution in [0.2, 0.25) is 0 Å². The van der Waals surface area contributed by atoms with Crippen molar-refractivity contribution >= 4 is 28.5 Å². The van der Waals surface area contributed by atoms with Crippen LogP contribution in [0, 0.1) is 0 Å². The maximum atomic E-state index is 12.1. The van der Waals surface area contributed by atoms with Crippen LogP contribution in [0.25, 0.3) is 0 Å². The first-order chi connectivity index (χ1) is 11.1. The van der Waals surface area contributed by atoms with E-state index in [2.05, 4.69) is 10.3 Å². The second kappa shape index (κ2) is 8.19. The van der Waals surface area contributed by atoms with Crippen molar-refractivity contribution in [3.05, 3.63) is 48.2 Å². The van der Waals surface area contributed by atoms with Crippen LogP contribution in [-0.2, 0) is 4.79 Å². The Kier molecular flexibility index (Phi) is 5.99. The molecule has 23 heavy (non-hydrogen) atoms. The normalized spacial score (nSPS) is 10.1. The van der Waals surface area contributed by atoms with Crippen molar-refractivity contribution in [3.8, 4) is 5.75 Å². The number of carbonyl (C=O) groups is 2. The van der Waals surface area contributed by atoms with Crippen LogP contribution in [0.3, 0.4) is 0 Å². The van der Waals surface area contributed by atoms with E-state index in [0.29, 0.717) is 18.0 Å². The van der Waals surface area contributed by atoms with Crippen LogP contribution < -0.4 is 10.1 Å². The number of ether oxygens (including phenoxy) is 1. The Hall–Kier alpha value is -2.54. The number of carboxylic acid groups (broad SMARTS) is 1. The number of anilines is 1. The summed E-state index contributed by atoms with van der Waals surface area (Å²) in [5.74, 6) is -0.445. The number of nitrogens with one attached hydrogen (secondary N) is 1. The zero-order chi connectivity index (χ0) is 16.7. The van der Waals surface area contributed by atoms with Crippen molar-refractivity contribution in [1.82, 2.24) is 4.98 Å². The Morgan fingerprint density at radius 1 is 1.26 bits per heavy atom. The summed E-state index contributed by atoms with van der Waals surface area (Å²) in [7, 11) is 0. The Morgan fingerprint density at radius 2 is 2.04 bits per heavy atom. The van der Waals surface area contributed by atoms with Crippen molar-refractivity contribution in [3.63, 3.8) is 0 Å². The van der Waals surface area contributed by atoms with Crippen molar-refractivity contribution < 1.29 is 19.4 Å². The van der Waals surface area contributed by atoms with Gasteiger partial charge in [-0.1, -0.05) is 12.1 Å². The minimum absolute atomic E-state index is 0.0144. The first-order valence-corrected chi connectivity index (χ1v) is 7.78. The molecule has 0 bridgehead atoms. The van der Waals surface area contributed by atoms with Crippen molar-refractivity contribution in [2.75, 3.05) is 18.5 Å². The number of rotatable bonds is 7. The van der Waals surface area contributed by atoms with Crippen LogP contribution in [0.1, 0.15) is 17.3 Å². The van der Waals surface area contributed by atoms with E-state index in [1.54, 1.807) is 0 Å². The fourth-order valence-corrected chi connectivity index (χ4v) is 2.58. The maximum Gasteiger partial charge on any atom is 0.338 e. The summed E-state index contributed by atoms with van der Waals surface area (Å²) in [4.78, 5) is 27.1. The zero-order valence-electron chi connectivity index (χ0n) is 12.5. The molecule has 0 atom stereocenters. The van der Waals surface area contributed by atoms with Gasteiger partial charge < -0.3 is 15.2 Å². The Labute approximate surface area is 137 Å². The molecule has 1 aromatic heterocycles. The fourth-order valence-electron chi connectivity index (χ4n) is 1.84. The number of carbonyl (C=O) groups excluding carboxylic acids is 1. The largest absolute Gasteiger partial charge is 0.492 e. The minimum Gasteiger partial charge on any atom is -0.492 e. The smallest absolute Gasteiger partial charge is 0.338 e. The molecule has 1 heterocycles. The second-order valence-electron chi connectivity index (χ2n) is 4.42. The topological polar surface area (TPSA) is 88.5 Å². The van der Waals surface area contributed by atoms with E-state index in [9.17, 15) is 9.59 Å². The van der Waals surface area contributed by atoms with Crippen molar-refractivity contribution in [2.45, 2.75) is 11.9 Å². The lowest BCUT2D eigenvalue weighted by atomic mass is 10.3. The molecule has 0 radical (unpaired) electrons. The fraction of sp³-hybridized carbons (Fsp3) is 0.188. The lowest BCUT2D eigenvalue weighted by Crippen LogP contribution is -2.12. The number of pyridine rings is 1. The minimum atomic E-state index is -1.11. The molecule has 0 aliphatic carbocycles. The summed E-state index contributed by atoms with van der Waals surface area (Å²) in [6, 6.07) is 10.2. The SMILES string of the molecule is CCOc1ccccc1NCC(=O)Sc1ncccc1C(=O)O. The lowest BCUT2D eigenvalue weighted by molar-refractivity contribution is -0.109. The summed E-state index contributed by atoms with van der Waals surface area (Å²) >= 11 is 0.803. The zero-order valence-corrected chi connectivity index (χ0v) is 13.3. The van der Waals surface area contributed by atoms with Crippen LogP contribution >= 0.6 is 11.8 Å². The third-order valence-corrected chi connectivity index (χ3v) is 3.71. The number of nitrogens with zero attached hydrogens (tertiary/aromatic N) is 1. The summed E-state index contributed by atoms with van der Waals surface area (Å²) < 4.78 is 5.47. The van der Waals surface area contributed by atoms with Gasteiger partial charge in [0, 0.05) is 6.20 Å². The molecule has 0 fully saturated rings.